The predicted molar refractivity (Wildman–Crippen MR) is 298 cm³/mol. The number of H-pyrrole nitrogens is 2. The van der Waals surface area contributed by atoms with E-state index in [-0.39, 0.29) is 69.1 Å². The molecule has 2 saturated heterocycles. The van der Waals surface area contributed by atoms with Gasteiger partial charge in [-0.2, -0.15) is 0 Å². The van der Waals surface area contributed by atoms with Gasteiger partial charge in [0.25, 0.3) is 0 Å². The fourth-order valence-corrected chi connectivity index (χ4v) is 9.78. The first-order valence-electron chi connectivity index (χ1n) is 27.6. The van der Waals surface area contributed by atoms with Gasteiger partial charge in [0.2, 0.25) is 65.0 Å². The number of aromatic hydroxyl groups is 1. The highest BCUT2D eigenvalue weighted by molar-refractivity contribution is 5.99. The summed E-state index contributed by atoms with van der Waals surface area (Å²) in [5, 5.41) is 44.6. The number of aliphatic hydroxyl groups excluding tert-OH is 1. The monoisotopic (exact) mass is 1150 g/mol. The second kappa shape index (κ2) is 30.8. The van der Waals surface area contributed by atoms with Crippen molar-refractivity contribution in [2.45, 2.75) is 133 Å². The molecular weight excluding hydrogens is 1080 g/mol. The number of imidazole rings is 1. The van der Waals surface area contributed by atoms with Gasteiger partial charge in [-0.25, -0.2) is 4.98 Å². The van der Waals surface area contributed by atoms with Crippen LogP contribution >= 0.6 is 0 Å². The number of carbonyl (C=O) groups is 11. The molecular formula is C55H75N15O13. The van der Waals surface area contributed by atoms with Crippen LogP contribution < -0.4 is 59.3 Å². The van der Waals surface area contributed by atoms with Crippen molar-refractivity contribution in [3.8, 4) is 5.75 Å². The van der Waals surface area contributed by atoms with Crippen LogP contribution in [0.15, 0.2) is 67.3 Å². The number of phenols is 1. The lowest BCUT2D eigenvalue weighted by molar-refractivity contribution is -0.142. The van der Waals surface area contributed by atoms with E-state index in [0.29, 0.717) is 60.0 Å². The number of hydrogen-bond donors (Lipinski definition) is 15. The largest absolute Gasteiger partial charge is 0.508 e. The minimum Gasteiger partial charge on any atom is -0.508 e. The highest BCUT2D eigenvalue weighted by Crippen LogP contribution is 2.22. The minimum absolute atomic E-state index is 0.0962. The highest BCUT2D eigenvalue weighted by Gasteiger charge is 2.39. The molecule has 2 aromatic carbocycles. The highest BCUT2D eigenvalue weighted by atomic mass is 16.3. The van der Waals surface area contributed by atoms with Crippen molar-refractivity contribution < 1.29 is 63.0 Å². The summed E-state index contributed by atoms with van der Waals surface area (Å²) in [4.78, 5) is 160. The first-order valence-corrected chi connectivity index (χ1v) is 27.6. The third kappa shape index (κ3) is 18.8. The maximum absolute atomic E-state index is 14.4. The number of primary amides is 1. The molecule has 17 N–H and O–H groups in total. The van der Waals surface area contributed by atoms with Crippen molar-refractivity contribution in [3.05, 3.63) is 84.1 Å². The van der Waals surface area contributed by atoms with Crippen LogP contribution in [0.5, 0.6) is 5.75 Å². The normalized spacial score (nSPS) is 17.0. The number of unbranched alkanes of at least 4 members (excludes halogenated alkanes) is 1. The zero-order valence-electron chi connectivity index (χ0n) is 46.3. The average molecular weight is 1150 g/mol. The molecule has 8 atom stereocenters. The fourth-order valence-electron chi connectivity index (χ4n) is 9.78. The molecule has 4 heterocycles. The third-order valence-electron chi connectivity index (χ3n) is 14.1. The third-order valence-corrected chi connectivity index (χ3v) is 14.1. The van der Waals surface area contributed by atoms with E-state index >= 15 is 0 Å². The Hall–Kier alpha value is -8.92. The topological polar surface area (TPSA) is 436 Å². The van der Waals surface area contributed by atoms with E-state index in [1.807, 2.05) is 0 Å². The first-order chi connectivity index (χ1) is 39.7. The van der Waals surface area contributed by atoms with Gasteiger partial charge < -0.3 is 84.4 Å². The van der Waals surface area contributed by atoms with Crippen molar-refractivity contribution >= 4 is 75.9 Å². The van der Waals surface area contributed by atoms with Crippen LogP contribution in [-0.2, 0) is 72.0 Å². The molecule has 0 spiro atoms. The fraction of sp³-hybridized carbons (Fsp3) is 0.491. The van der Waals surface area contributed by atoms with Crippen molar-refractivity contribution in [2.75, 3.05) is 32.8 Å². The second-order valence-corrected chi connectivity index (χ2v) is 21.0. The number of aliphatic hydroxyl groups is 1. The Balaban J connectivity index is 1.15. The van der Waals surface area contributed by atoms with E-state index in [4.69, 9.17) is 11.5 Å². The van der Waals surface area contributed by atoms with E-state index in [1.54, 1.807) is 44.3 Å². The number of nitrogens with one attached hydrogen (secondary N) is 11. The molecule has 2 fully saturated rings. The predicted octanol–water partition coefficient (Wildman–Crippen LogP) is -3.31. The van der Waals surface area contributed by atoms with Gasteiger partial charge in [-0.1, -0.05) is 44.2 Å². The summed E-state index contributed by atoms with van der Waals surface area (Å²) < 4.78 is 0. The van der Waals surface area contributed by atoms with Crippen LogP contribution in [-0.4, -0.2) is 176 Å². The molecule has 0 radical (unpaired) electrons. The Morgan fingerprint density at radius 2 is 1.39 bits per heavy atom. The Morgan fingerprint density at radius 1 is 0.723 bits per heavy atom. The van der Waals surface area contributed by atoms with Gasteiger partial charge in [0, 0.05) is 61.2 Å². The number of fused-ring (bicyclic) bond motifs is 1. The number of para-hydroxylation sites is 1. The van der Waals surface area contributed by atoms with Crippen LogP contribution in [0.2, 0.25) is 0 Å². The molecule has 2 aromatic heterocycles. The molecule has 28 heteroatoms. The number of hydrogen-bond acceptors (Lipinski definition) is 15. The molecule has 0 saturated carbocycles. The van der Waals surface area contributed by atoms with Gasteiger partial charge in [0.05, 0.1) is 26.0 Å². The summed E-state index contributed by atoms with van der Waals surface area (Å²) in [6.07, 6.45) is 6.29. The van der Waals surface area contributed by atoms with E-state index in [1.165, 1.54) is 41.7 Å². The van der Waals surface area contributed by atoms with E-state index in [9.17, 15) is 63.0 Å². The molecule has 448 valence electrons. The van der Waals surface area contributed by atoms with E-state index < -0.39 is 127 Å². The molecule has 28 nitrogen and oxygen atoms in total. The molecule has 4 aromatic rings. The van der Waals surface area contributed by atoms with E-state index in [0.717, 1.165) is 0 Å². The number of nitrogens with two attached hydrogens (primary N) is 2. The summed E-state index contributed by atoms with van der Waals surface area (Å²) >= 11 is 0. The SMILES string of the molecule is CC(C)C[C@H](NC(=O)CNC(=O)[C@H](Cc1ccc(O)cc1)NC(=O)[C@H](CO)NC(=O)[C@H](Cc1c[nH]c2ccccc12)NC(=O)[C@H](Cc1cnc[nH]1)NC(=O)[C@@H]1CCC(=O)N1)C(=O)N[C@@H](CCCCN)C(=O)N1CCC[C@H]1C(=O)NCC(N)=O. The lowest BCUT2D eigenvalue weighted by Gasteiger charge is -2.30. The van der Waals surface area contributed by atoms with Crippen molar-refractivity contribution in [1.82, 2.24) is 67.7 Å². The number of rotatable bonds is 31. The zero-order chi connectivity index (χ0) is 60.2. The van der Waals surface area contributed by atoms with Gasteiger partial charge in [-0.15, -0.1) is 0 Å². The summed E-state index contributed by atoms with van der Waals surface area (Å²) in [6, 6.07) is 2.68. The van der Waals surface area contributed by atoms with Gasteiger partial charge in [0.15, 0.2) is 0 Å². The second-order valence-electron chi connectivity index (χ2n) is 21.0. The zero-order valence-corrected chi connectivity index (χ0v) is 46.3. The summed E-state index contributed by atoms with van der Waals surface area (Å²) in [6.45, 7) is 1.99. The van der Waals surface area contributed by atoms with E-state index in [2.05, 4.69) is 62.8 Å². The van der Waals surface area contributed by atoms with Crippen LogP contribution in [0.25, 0.3) is 10.9 Å². The molecule has 6 rings (SSSR count). The lowest BCUT2D eigenvalue weighted by atomic mass is 10.0. The summed E-state index contributed by atoms with van der Waals surface area (Å²) in [5.74, 6) is -8.37. The number of aromatic nitrogens is 3. The number of phenolic OH excluding ortho intramolecular Hbond substituents is 1. The standard InChI is InChI=1S/C55H75N15O13/c1-30(2)20-39(50(78)65-38(10-5-6-18-56)55(83)70-19-7-11-44(70)54(82)60-26-45(57)73)64-47(75)27-61-48(76)40(21-31-12-14-34(72)15-13-31)66-53(81)43(28-71)69-51(79)41(22-32-24-59-36-9-4-3-8-35(32)36)67-52(80)42(23-33-25-58-29-62-33)68-49(77)37-16-17-46(74)63-37/h3-4,8-9,12-15,24-25,29-30,37-44,59,71-72H,5-7,10-11,16-23,26-28,56H2,1-2H3,(H2,57,73)(H,58,62)(H,60,82)(H,61,76)(H,63,74)(H,64,75)(H,65,78)(H,66,81)(H,67,80)(H,68,77)(H,69,79)/t37-,38-,39-,40-,41-,42-,43-,44-/m0/s1. The number of likely N-dealkylation sites (tertiary alicyclic amines) is 1. The number of carbonyl (C=O) groups excluding carboxylic acids is 11. The van der Waals surface area contributed by atoms with Gasteiger partial charge >= 0.3 is 0 Å². The van der Waals surface area contributed by atoms with Crippen LogP contribution in [0.1, 0.15) is 82.0 Å². The number of amides is 11. The first kappa shape index (κ1) is 63.3. The summed E-state index contributed by atoms with van der Waals surface area (Å²) in [5.41, 5.74) is 13.1. The minimum atomic E-state index is -1.74. The van der Waals surface area contributed by atoms with Crippen LogP contribution in [0.3, 0.4) is 0 Å². The molecule has 83 heavy (non-hydrogen) atoms. The molecule has 2 aliphatic heterocycles. The van der Waals surface area contributed by atoms with Gasteiger partial charge in [0.1, 0.15) is 54.1 Å². The molecule has 0 bridgehead atoms. The quantitative estimate of drug-likeness (QED) is 0.0220. The van der Waals surface area contributed by atoms with Crippen molar-refractivity contribution in [2.24, 2.45) is 17.4 Å². The van der Waals surface area contributed by atoms with Crippen molar-refractivity contribution in [3.63, 3.8) is 0 Å². The van der Waals surface area contributed by atoms with Crippen LogP contribution in [0, 0.1) is 5.92 Å². The average Bonchev–Trinajstić information content (AvgIpc) is 4.45. The smallest absolute Gasteiger partial charge is 0.245 e. The maximum Gasteiger partial charge on any atom is 0.245 e. The Bertz CT molecular complexity index is 2930. The van der Waals surface area contributed by atoms with Gasteiger partial charge in [-0.05, 0) is 86.7 Å². The Labute approximate surface area is 477 Å². The lowest BCUT2D eigenvalue weighted by Crippen LogP contribution is -2.60. The molecule has 0 aliphatic carbocycles. The maximum atomic E-state index is 14.4. The van der Waals surface area contributed by atoms with Gasteiger partial charge in [-0.3, -0.25) is 52.7 Å². The Kier molecular flexibility index (Phi) is 23.5. The molecule has 0 unspecified atom stereocenters. The van der Waals surface area contributed by atoms with Crippen LogP contribution in [0.4, 0.5) is 0 Å². The number of benzene rings is 2. The van der Waals surface area contributed by atoms with Crippen molar-refractivity contribution in [1.29, 1.82) is 0 Å². The summed E-state index contributed by atoms with van der Waals surface area (Å²) in [7, 11) is 0. The molecule has 2 aliphatic rings. The number of aromatic amines is 2. The Morgan fingerprint density at radius 3 is 2.04 bits per heavy atom. The number of nitrogens with zero attached hydrogens (tertiary/aromatic N) is 2. The molecule has 11 amide bonds.